The maximum Gasteiger partial charge on any atom is 0.328 e. The second kappa shape index (κ2) is 8.28. The molecule has 1 heterocycles. The lowest BCUT2D eigenvalue weighted by molar-refractivity contribution is -0.145. The van der Waals surface area contributed by atoms with Crippen molar-refractivity contribution in [2.75, 3.05) is 7.11 Å². The highest BCUT2D eigenvalue weighted by atomic mass is 16.5. The topological polar surface area (TPSA) is 85.6 Å². The molecule has 0 spiro atoms. The molecule has 6 nitrogen and oxygen atoms in total. The quantitative estimate of drug-likeness (QED) is 0.643. The molecule has 25 heavy (non-hydrogen) atoms. The van der Waals surface area contributed by atoms with E-state index in [-0.39, 0.29) is 16.9 Å². The molecule has 0 aliphatic heterocycles. The monoisotopic (exact) mass is 343 g/mol. The number of esters is 1. The van der Waals surface area contributed by atoms with E-state index in [0.717, 1.165) is 0 Å². The Morgan fingerprint density at radius 1 is 1.28 bits per heavy atom. The molecular formula is C19H21NO5. The van der Waals surface area contributed by atoms with Gasteiger partial charge in [-0.05, 0) is 30.5 Å². The van der Waals surface area contributed by atoms with Crippen LogP contribution in [0.2, 0.25) is 0 Å². The number of methoxy groups -OCH3 is 1. The van der Waals surface area contributed by atoms with Crippen LogP contribution < -0.4 is 10.7 Å². The van der Waals surface area contributed by atoms with Gasteiger partial charge in [0, 0.05) is 6.08 Å². The highest BCUT2D eigenvalue weighted by Gasteiger charge is 2.21. The molecule has 0 aliphatic carbocycles. The van der Waals surface area contributed by atoms with E-state index in [9.17, 15) is 14.4 Å². The zero-order valence-electron chi connectivity index (χ0n) is 14.4. The largest absolute Gasteiger partial charge is 0.467 e. The van der Waals surface area contributed by atoms with E-state index < -0.39 is 17.9 Å². The summed E-state index contributed by atoms with van der Waals surface area (Å²) >= 11 is 0. The number of rotatable bonds is 6. The number of hydrogen-bond acceptors (Lipinski definition) is 5. The fourth-order valence-corrected chi connectivity index (χ4v) is 2.42. The molecule has 1 aromatic carbocycles. The maximum absolute atomic E-state index is 12.3. The van der Waals surface area contributed by atoms with Crippen LogP contribution in [0.4, 0.5) is 0 Å². The van der Waals surface area contributed by atoms with Gasteiger partial charge in [0.15, 0.2) is 5.43 Å². The number of benzene rings is 1. The first-order valence-electron chi connectivity index (χ1n) is 7.99. The number of carbonyl (C=O) groups excluding carboxylic acids is 2. The number of para-hydroxylation sites is 1. The van der Waals surface area contributed by atoms with Crippen molar-refractivity contribution in [3.05, 3.63) is 52.4 Å². The predicted octanol–water partition coefficient (Wildman–Crippen LogP) is 2.51. The summed E-state index contributed by atoms with van der Waals surface area (Å²) in [6.45, 7) is 3.89. The van der Waals surface area contributed by atoms with E-state index in [2.05, 4.69) is 5.32 Å². The Bertz CT molecular complexity index is 850. The van der Waals surface area contributed by atoms with E-state index in [1.165, 1.54) is 25.5 Å². The predicted molar refractivity (Wildman–Crippen MR) is 94.9 cm³/mol. The highest BCUT2D eigenvalue weighted by molar-refractivity contribution is 5.94. The number of carbonyl (C=O) groups is 2. The van der Waals surface area contributed by atoms with Gasteiger partial charge >= 0.3 is 5.97 Å². The molecule has 0 saturated heterocycles. The summed E-state index contributed by atoms with van der Waals surface area (Å²) in [5.74, 6) is -0.773. The van der Waals surface area contributed by atoms with Crippen molar-refractivity contribution in [1.82, 2.24) is 5.32 Å². The zero-order valence-corrected chi connectivity index (χ0v) is 14.4. The third-order valence-electron chi connectivity index (χ3n) is 3.63. The van der Waals surface area contributed by atoms with E-state index in [1.54, 1.807) is 24.3 Å². The van der Waals surface area contributed by atoms with Crippen LogP contribution in [0.5, 0.6) is 0 Å². The molecule has 2 rings (SSSR count). The van der Waals surface area contributed by atoms with Gasteiger partial charge in [0.25, 0.3) is 0 Å². The van der Waals surface area contributed by atoms with E-state index in [4.69, 9.17) is 9.15 Å². The first-order chi connectivity index (χ1) is 11.9. The summed E-state index contributed by atoms with van der Waals surface area (Å²) in [6, 6.07) is 6.15. The lowest BCUT2D eigenvalue weighted by atomic mass is 10.0. The molecule has 132 valence electrons. The molecule has 1 aromatic heterocycles. The Hall–Kier alpha value is -2.89. The molecule has 0 radical (unpaired) electrons. The van der Waals surface area contributed by atoms with Crippen LogP contribution in [0.1, 0.15) is 25.8 Å². The summed E-state index contributed by atoms with van der Waals surface area (Å²) in [5, 5.41) is 3.03. The van der Waals surface area contributed by atoms with Crippen LogP contribution in [0, 0.1) is 5.92 Å². The number of fused-ring (bicyclic) bond motifs is 1. The Morgan fingerprint density at radius 2 is 2.00 bits per heavy atom. The van der Waals surface area contributed by atoms with Crippen molar-refractivity contribution < 1.29 is 18.7 Å². The first kappa shape index (κ1) is 18.4. The molecule has 2 aromatic rings. The molecule has 0 saturated carbocycles. The average Bonchev–Trinajstić information content (AvgIpc) is 2.59. The minimum atomic E-state index is -0.727. The second-order valence-corrected chi connectivity index (χ2v) is 6.06. The third-order valence-corrected chi connectivity index (χ3v) is 3.63. The van der Waals surface area contributed by atoms with Crippen LogP contribution >= 0.6 is 0 Å². The number of hydrogen-bond donors (Lipinski definition) is 1. The summed E-state index contributed by atoms with van der Waals surface area (Å²) in [5.41, 5.74) is 0.515. The maximum atomic E-state index is 12.3. The SMILES string of the molecule is COC(=O)C(CC(C)C)NC(=O)/C=C/c1coc2ccccc2c1=O. The third kappa shape index (κ3) is 4.79. The molecular weight excluding hydrogens is 322 g/mol. The normalized spacial score (nSPS) is 12.5. The summed E-state index contributed by atoms with van der Waals surface area (Å²) in [7, 11) is 1.28. The van der Waals surface area contributed by atoms with Crippen LogP contribution in [0.25, 0.3) is 17.0 Å². The van der Waals surface area contributed by atoms with Crippen molar-refractivity contribution >= 4 is 28.9 Å². The van der Waals surface area contributed by atoms with Crippen LogP contribution in [-0.2, 0) is 14.3 Å². The van der Waals surface area contributed by atoms with Gasteiger partial charge in [0.05, 0.1) is 18.1 Å². The molecule has 0 bridgehead atoms. The minimum absolute atomic E-state index is 0.209. The van der Waals surface area contributed by atoms with Crippen LogP contribution in [-0.4, -0.2) is 25.0 Å². The van der Waals surface area contributed by atoms with Gasteiger partial charge in [-0.1, -0.05) is 26.0 Å². The zero-order chi connectivity index (χ0) is 18.4. The van der Waals surface area contributed by atoms with Gasteiger partial charge < -0.3 is 14.5 Å². The molecule has 0 aliphatic rings. The van der Waals surface area contributed by atoms with Gasteiger partial charge in [-0.3, -0.25) is 9.59 Å². The fourth-order valence-electron chi connectivity index (χ4n) is 2.42. The number of amides is 1. The fraction of sp³-hybridized carbons (Fsp3) is 0.316. The second-order valence-electron chi connectivity index (χ2n) is 6.06. The Labute approximate surface area is 145 Å². The molecule has 1 unspecified atom stereocenters. The van der Waals surface area contributed by atoms with Crippen molar-refractivity contribution in [2.45, 2.75) is 26.3 Å². The minimum Gasteiger partial charge on any atom is -0.467 e. The molecule has 1 amide bonds. The van der Waals surface area contributed by atoms with Crippen molar-refractivity contribution in [1.29, 1.82) is 0 Å². The van der Waals surface area contributed by atoms with Crippen LogP contribution in [0.3, 0.4) is 0 Å². The van der Waals surface area contributed by atoms with E-state index in [1.807, 2.05) is 13.8 Å². The van der Waals surface area contributed by atoms with Gasteiger partial charge in [-0.15, -0.1) is 0 Å². The number of ether oxygens (including phenoxy) is 1. The first-order valence-corrected chi connectivity index (χ1v) is 7.99. The molecule has 1 atom stereocenters. The summed E-state index contributed by atoms with van der Waals surface area (Å²) < 4.78 is 10.1. The Balaban J connectivity index is 2.15. The van der Waals surface area contributed by atoms with E-state index in [0.29, 0.717) is 17.4 Å². The molecule has 1 N–H and O–H groups in total. The Kier molecular flexibility index (Phi) is 6.11. The molecule has 0 fully saturated rings. The lowest BCUT2D eigenvalue weighted by Gasteiger charge is -2.17. The van der Waals surface area contributed by atoms with Crippen molar-refractivity contribution in [3.8, 4) is 0 Å². The van der Waals surface area contributed by atoms with Gasteiger partial charge in [-0.25, -0.2) is 4.79 Å². The standard InChI is InChI=1S/C19H21NO5/c1-12(2)10-15(19(23)24-3)20-17(21)9-8-13-11-25-16-7-5-4-6-14(16)18(13)22/h4-9,11-12,15H,10H2,1-3H3,(H,20,21)/b9-8+. The highest BCUT2D eigenvalue weighted by Crippen LogP contribution is 2.11. The van der Waals surface area contributed by atoms with E-state index >= 15 is 0 Å². The summed E-state index contributed by atoms with van der Waals surface area (Å²) in [4.78, 5) is 36.1. The Morgan fingerprint density at radius 3 is 2.68 bits per heavy atom. The van der Waals surface area contributed by atoms with Gasteiger partial charge in [0.1, 0.15) is 17.9 Å². The average molecular weight is 343 g/mol. The van der Waals surface area contributed by atoms with Gasteiger partial charge in [-0.2, -0.15) is 0 Å². The van der Waals surface area contributed by atoms with Gasteiger partial charge in [0.2, 0.25) is 5.91 Å². The lowest BCUT2D eigenvalue weighted by Crippen LogP contribution is -2.41. The van der Waals surface area contributed by atoms with Crippen LogP contribution in [0.15, 0.2) is 45.8 Å². The molecule has 6 heteroatoms. The van der Waals surface area contributed by atoms with Crippen molar-refractivity contribution in [2.24, 2.45) is 5.92 Å². The number of nitrogens with one attached hydrogen (secondary N) is 1. The smallest absolute Gasteiger partial charge is 0.328 e. The van der Waals surface area contributed by atoms with Crippen molar-refractivity contribution in [3.63, 3.8) is 0 Å². The summed E-state index contributed by atoms with van der Waals surface area (Å²) in [6.07, 6.45) is 4.35.